The monoisotopic (exact) mass is 391 g/mol. The van der Waals surface area contributed by atoms with Crippen molar-refractivity contribution < 1.29 is 9.13 Å². The number of ether oxygens (including phenoxy) is 1. The second-order valence-electron chi connectivity index (χ2n) is 6.83. The molecule has 1 N–H and O–H groups in total. The Morgan fingerprint density at radius 2 is 1.86 bits per heavy atom. The predicted octanol–water partition coefficient (Wildman–Crippen LogP) is 3.96. The lowest BCUT2D eigenvalue weighted by molar-refractivity contribution is 0.332. The van der Waals surface area contributed by atoms with E-state index in [1.807, 2.05) is 44.2 Å². The molecule has 6 nitrogen and oxygen atoms in total. The summed E-state index contributed by atoms with van der Waals surface area (Å²) in [5, 5.41) is 7.58. The molecule has 0 atom stereocenters. The van der Waals surface area contributed by atoms with Crippen LogP contribution >= 0.6 is 0 Å². The molecule has 7 heteroatoms. The van der Waals surface area contributed by atoms with Gasteiger partial charge in [0.25, 0.3) is 5.78 Å². The lowest BCUT2D eigenvalue weighted by Gasteiger charge is -2.13. The number of nitrogens with zero attached hydrogens (tertiary/aromatic N) is 4. The quantitative estimate of drug-likeness (QED) is 0.483. The van der Waals surface area contributed by atoms with E-state index in [0.29, 0.717) is 30.9 Å². The molecule has 0 bridgehead atoms. The van der Waals surface area contributed by atoms with Crippen molar-refractivity contribution in [1.29, 1.82) is 0 Å². The average molecular weight is 391 g/mol. The summed E-state index contributed by atoms with van der Waals surface area (Å²) in [5.41, 5.74) is 3.67. The fourth-order valence-corrected chi connectivity index (χ4v) is 3.14. The second kappa shape index (κ2) is 8.26. The number of nitrogens with one attached hydrogen (secondary N) is 1. The molecule has 0 spiro atoms. The Balaban J connectivity index is 1.33. The third-order valence-electron chi connectivity index (χ3n) is 4.85. The van der Waals surface area contributed by atoms with E-state index in [1.165, 1.54) is 12.4 Å². The van der Waals surface area contributed by atoms with E-state index in [9.17, 15) is 4.39 Å². The summed E-state index contributed by atoms with van der Waals surface area (Å²) in [7, 11) is 0. The highest BCUT2D eigenvalue weighted by molar-refractivity contribution is 5.51. The summed E-state index contributed by atoms with van der Waals surface area (Å²) < 4.78 is 21.3. The van der Waals surface area contributed by atoms with Crippen molar-refractivity contribution in [3.63, 3.8) is 0 Å². The van der Waals surface area contributed by atoms with Crippen molar-refractivity contribution in [2.75, 3.05) is 18.5 Å². The summed E-state index contributed by atoms with van der Waals surface area (Å²) in [6, 6.07) is 14.6. The third-order valence-corrected chi connectivity index (χ3v) is 4.85. The molecule has 2 aromatic carbocycles. The number of rotatable bonds is 7. The standard InChI is InChI=1S/C22H22FN5O/c1-15-16(2)27-22-25-14-26-28(22)21(15)24-11-12-29-19-9-7-17(8-10-19)13-18-5-3-4-6-20(18)23/h3-10,14,24H,11-13H2,1-2H3. The van der Waals surface area contributed by atoms with Gasteiger partial charge in [-0.1, -0.05) is 30.3 Å². The number of hydrogen-bond acceptors (Lipinski definition) is 5. The molecule has 0 aliphatic rings. The Morgan fingerprint density at radius 3 is 2.66 bits per heavy atom. The van der Waals surface area contributed by atoms with Gasteiger partial charge in [-0.05, 0) is 43.2 Å². The van der Waals surface area contributed by atoms with Gasteiger partial charge in [0.1, 0.15) is 30.3 Å². The van der Waals surface area contributed by atoms with E-state index in [4.69, 9.17) is 4.74 Å². The van der Waals surface area contributed by atoms with Gasteiger partial charge < -0.3 is 10.1 Å². The van der Waals surface area contributed by atoms with Crippen LogP contribution in [0.25, 0.3) is 5.78 Å². The minimum Gasteiger partial charge on any atom is -0.492 e. The van der Waals surface area contributed by atoms with Gasteiger partial charge >= 0.3 is 0 Å². The topological polar surface area (TPSA) is 64.3 Å². The summed E-state index contributed by atoms with van der Waals surface area (Å²) in [4.78, 5) is 8.56. The van der Waals surface area contributed by atoms with Crippen molar-refractivity contribution in [3.8, 4) is 5.75 Å². The van der Waals surface area contributed by atoms with E-state index in [2.05, 4.69) is 20.4 Å². The Hall–Kier alpha value is -3.48. The summed E-state index contributed by atoms with van der Waals surface area (Å²) in [6.07, 6.45) is 2.05. The minimum absolute atomic E-state index is 0.179. The average Bonchev–Trinajstić information content (AvgIpc) is 3.18. The second-order valence-corrected chi connectivity index (χ2v) is 6.83. The van der Waals surface area contributed by atoms with Crippen molar-refractivity contribution in [2.45, 2.75) is 20.3 Å². The van der Waals surface area contributed by atoms with Crippen LogP contribution in [0, 0.1) is 19.7 Å². The van der Waals surface area contributed by atoms with Crippen LogP contribution in [0.5, 0.6) is 5.75 Å². The number of hydrogen-bond donors (Lipinski definition) is 1. The smallest absolute Gasteiger partial charge is 0.254 e. The molecule has 0 radical (unpaired) electrons. The van der Waals surface area contributed by atoms with Crippen LogP contribution in [0.1, 0.15) is 22.4 Å². The molecular formula is C22H22FN5O. The van der Waals surface area contributed by atoms with Gasteiger partial charge in [0.2, 0.25) is 0 Å². The molecule has 2 aromatic heterocycles. The fraction of sp³-hybridized carbons (Fsp3) is 0.227. The van der Waals surface area contributed by atoms with Crippen LogP contribution in [0.4, 0.5) is 10.2 Å². The minimum atomic E-state index is -0.179. The van der Waals surface area contributed by atoms with Gasteiger partial charge in [0.15, 0.2) is 0 Å². The summed E-state index contributed by atoms with van der Waals surface area (Å²) in [6.45, 7) is 5.05. The van der Waals surface area contributed by atoms with Gasteiger partial charge in [0.05, 0.1) is 6.54 Å². The molecule has 0 unspecified atom stereocenters. The maximum absolute atomic E-state index is 13.8. The lowest BCUT2D eigenvalue weighted by atomic mass is 10.0. The first-order valence-electron chi connectivity index (χ1n) is 9.48. The number of benzene rings is 2. The number of aryl methyl sites for hydroxylation is 1. The zero-order valence-electron chi connectivity index (χ0n) is 16.4. The van der Waals surface area contributed by atoms with Crippen molar-refractivity contribution in [1.82, 2.24) is 19.6 Å². The highest BCUT2D eigenvalue weighted by Gasteiger charge is 2.10. The number of fused-ring (bicyclic) bond motifs is 1. The largest absolute Gasteiger partial charge is 0.492 e. The molecule has 0 saturated heterocycles. The summed E-state index contributed by atoms with van der Waals surface area (Å²) in [5.74, 6) is 2.04. The van der Waals surface area contributed by atoms with Gasteiger partial charge in [-0.2, -0.15) is 14.6 Å². The Morgan fingerprint density at radius 1 is 1.07 bits per heavy atom. The first-order valence-corrected chi connectivity index (χ1v) is 9.48. The molecule has 4 aromatic rings. The molecule has 0 aliphatic carbocycles. The van der Waals surface area contributed by atoms with Crippen LogP contribution in [0.3, 0.4) is 0 Å². The Kier molecular flexibility index (Phi) is 5.37. The van der Waals surface area contributed by atoms with E-state index in [0.717, 1.165) is 28.4 Å². The first-order chi connectivity index (χ1) is 14.1. The van der Waals surface area contributed by atoms with E-state index >= 15 is 0 Å². The van der Waals surface area contributed by atoms with Crippen LogP contribution in [0.15, 0.2) is 54.9 Å². The van der Waals surface area contributed by atoms with Gasteiger partial charge in [0, 0.05) is 17.7 Å². The lowest BCUT2D eigenvalue weighted by Crippen LogP contribution is -2.16. The van der Waals surface area contributed by atoms with Crippen molar-refractivity contribution in [2.24, 2.45) is 0 Å². The molecule has 4 rings (SSSR count). The third kappa shape index (κ3) is 4.18. The maximum Gasteiger partial charge on any atom is 0.254 e. The first kappa shape index (κ1) is 18.9. The fourth-order valence-electron chi connectivity index (χ4n) is 3.14. The van der Waals surface area contributed by atoms with Crippen LogP contribution in [-0.4, -0.2) is 32.7 Å². The normalized spacial score (nSPS) is 11.0. The SMILES string of the molecule is Cc1nc2ncnn2c(NCCOc2ccc(Cc3ccccc3F)cc2)c1C. The van der Waals surface area contributed by atoms with Crippen LogP contribution < -0.4 is 10.1 Å². The zero-order chi connectivity index (χ0) is 20.2. The van der Waals surface area contributed by atoms with E-state index < -0.39 is 0 Å². The molecule has 0 saturated carbocycles. The van der Waals surface area contributed by atoms with Crippen molar-refractivity contribution in [3.05, 3.63) is 83.1 Å². The molecule has 2 heterocycles. The van der Waals surface area contributed by atoms with Gasteiger partial charge in [-0.3, -0.25) is 0 Å². The highest BCUT2D eigenvalue weighted by Crippen LogP contribution is 2.19. The zero-order valence-corrected chi connectivity index (χ0v) is 16.4. The van der Waals surface area contributed by atoms with Crippen LogP contribution in [-0.2, 0) is 6.42 Å². The molecule has 29 heavy (non-hydrogen) atoms. The molecule has 0 aliphatic heterocycles. The van der Waals surface area contributed by atoms with Crippen LogP contribution in [0.2, 0.25) is 0 Å². The van der Waals surface area contributed by atoms with E-state index in [1.54, 1.807) is 16.6 Å². The molecule has 148 valence electrons. The predicted molar refractivity (Wildman–Crippen MR) is 110 cm³/mol. The Labute approximate surface area is 168 Å². The van der Waals surface area contributed by atoms with Gasteiger partial charge in [-0.25, -0.2) is 9.37 Å². The van der Waals surface area contributed by atoms with Crippen molar-refractivity contribution >= 4 is 11.6 Å². The highest BCUT2D eigenvalue weighted by atomic mass is 19.1. The van der Waals surface area contributed by atoms with E-state index in [-0.39, 0.29) is 5.82 Å². The number of aromatic nitrogens is 4. The molecule has 0 amide bonds. The van der Waals surface area contributed by atoms with Gasteiger partial charge in [-0.15, -0.1) is 0 Å². The number of anilines is 1. The molecule has 0 fully saturated rings. The Bertz CT molecular complexity index is 1120. The number of halogens is 1. The summed E-state index contributed by atoms with van der Waals surface area (Å²) >= 11 is 0. The molecular weight excluding hydrogens is 369 g/mol. The maximum atomic E-state index is 13.8.